The maximum Gasteiger partial charge on any atom is 0.137 e. The van der Waals surface area contributed by atoms with E-state index in [4.69, 9.17) is 4.42 Å². The Morgan fingerprint density at radius 3 is 1.79 bits per heavy atom. The number of hydrogen-bond donors (Lipinski definition) is 0. The molecule has 0 fully saturated rings. The van der Waals surface area contributed by atoms with E-state index in [1.165, 1.54) is 16.7 Å². The predicted octanol–water partition coefficient (Wildman–Crippen LogP) is 5.23. The first-order chi connectivity index (χ1) is 9.27. The summed E-state index contributed by atoms with van der Waals surface area (Å²) in [6, 6.07) is 20.7. The minimum absolute atomic E-state index is 0.969. The topological polar surface area (TPSA) is 13.1 Å². The van der Waals surface area contributed by atoms with Gasteiger partial charge in [0.1, 0.15) is 11.5 Å². The Morgan fingerprint density at radius 1 is 0.684 bits per heavy atom. The second kappa shape index (κ2) is 4.77. The molecule has 0 bridgehead atoms. The van der Waals surface area contributed by atoms with Gasteiger partial charge in [-0.15, -0.1) is 0 Å². The lowest BCUT2D eigenvalue weighted by molar-refractivity contribution is 0.548. The Balaban J connectivity index is 2.17. The van der Waals surface area contributed by atoms with Crippen LogP contribution in [0, 0.1) is 13.8 Å². The van der Waals surface area contributed by atoms with Crippen molar-refractivity contribution in [2.45, 2.75) is 13.8 Å². The summed E-state index contributed by atoms with van der Waals surface area (Å²) in [4.78, 5) is 0. The average Bonchev–Trinajstić information content (AvgIpc) is 2.76. The number of aryl methyl sites for hydroxylation is 1. The zero-order valence-corrected chi connectivity index (χ0v) is 11.2. The highest BCUT2D eigenvalue weighted by atomic mass is 16.3. The van der Waals surface area contributed by atoms with Gasteiger partial charge < -0.3 is 4.42 Å². The lowest BCUT2D eigenvalue weighted by Gasteiger charge is -2.01. The smallest absolute Gasteiger partial charge is 0.137 e. The van der Waals surface area contributed by atoms with Crippen LogP contribution in [0.2, 0.25) is 0 Å². The molecule has 0 saturated heterocycles. The summed E-state index contributed by atoms with van der Waals surface area (Å²) in [5.41, 5.74) is 4.75. The van der Waals surface area contributed by atoms with Gasteiger partial charge in [-0.25, -0.2) is 0 Å². The maximum atomic E-state index is 5.99. The molecule has 0 atom stereocenters. The van der Waals surface area contributed by atoms with Crippen LogP contribution < -0.4 is 0 Å². The zero-order chi connectivity index (χ0) is 13.2. The second-order valence-corrected chi connectivity index (χ2v) is 4.72. The lowest BCUT2D eigenvalue weighted by Crippen LogP contribution is -1.81. The highest BCUT2D eigenvalue weighted by molar-refractivity contribution is 5.77. The highest BCUT2D eigenvalue weighted by Gasteiger charge is 2.16. The lowest BCUT2D eigenvalue weighted by atomic mass is 9.99. The molecule has 1 heteroatoms. The molecule has 0 aliphatic rings. The van der Waals surface area contributed by atoms with Crippen LogP contribution in [0.25, 0.3) is 22.5 Å². The molecule has 2 aromatic carbocycles. The maximum absolute atomic E-state index is 5.99. The van der Waals surface area contributed by atoms with Crippen LogP contribution in [0.4, 0.5) is 0 Å². The molecule has 0 radical (unpaired) electrons. The van der Waals surface area contributed by atoms with Crippen molar-refractivity contribution in [3.63, 3.8) is 0 Å². The minimum atomic E-state index is 0.969. The Labute approximate surface area is 113 Å². The molecule has 0 spiro atoms. The molecule has 1 aromatic heterocycles. The molecule has 0 aliphatic carbocycles. The summed E-state index contributed by atoms with van der Waals surface area (Å²) < 4.78 is 5.99. The summed E-state index contributed by atoms with van der Waals surface area (Å²) in [6.45, 7) is 4.16. The van der Waals surface area contributed by atoms with E-state index in [-0.39, 0.29) is 0 Å². The van der Waals surface area contributed by atoms with E-state index in [0.29, 0.717) is 0 Å². The van der Waals surface area contributed by atoms with Crippen LogP contribution in [-0.4, -0.2) is 0 Å². The molecule has 0 unspecified atom stereocenters. The van der Waals surface area contributed by atoms with Crippen molar-refractivity contribution < 1.29 is 4.42 Å². The number of hydrogen-bond acceptors (Lipinski definition) is 1. The average molecular weight is 248 g/mol. The summed E-state index contributed by atoms with van der Waals surface area (Å²) >= 11 is 0. The third kappa shape index (κ3) is 2.08. The van der Waals surface area contributed by atoms with E-state index in [9.17, 15) is 0 Å². The fraction of sp³-hybridized carbons (Fsp3) is 0.111. The van der Waals surface area contributed by atoms with E-state index < -0.39 is 0 Å². The van der Waals surface area contributed by atoms with Gasteiger partial charge in [-0.2, -0.15) is 0 Å². The fourth-order valence-corrected chi connectivity index (χ4v) is 2.55. The van der Waals surface area contributed by atoms with Gasteiger partial charge in [0.25, 0.3) is 0 Å². The first-order valence-electron chi connectivity index (χ1n) is 6.48. The minimum Gasteiger partial charge on any atom is -0.460 e. The monoisotopic (exact) mass is 248 g/mol. The molecule has 19 heavy (non-hydrogen) atoms. The summed E-state index contributed by atoms with van der Waals surface area (Å²) in [7, 11) is 0. The van der Waals surface area contributed by atoms with Crippen molar-refractivity contribution >= 4 is 0 Å². The standard InChI is InChI=1S/C18H16O/c1-13-17(15-9-5-3-6-10-15)14(2)19-18(13)16-11-7-4-8-12-16/h3-12H,1-2H3. The molecule has 3 aromatic rings. The molecule has 0 amide bonds. The Bertz CT molecular complexity index is 678. The van der Waals surface area contributed by atoms with Gasteiger partial charge in [-0.05, 0) is 19.4 Å². The van der Waals surface area contributed by atoms with E-state index in [1.54, 1.807) is 0 Å². The van der Waals surface area contributed by atoms with Crippen LogP contribution >= 0.6 is 0 Å². The molecule has 1 nitrogen and oxygen atoms in total. The Kier molecular flexibility index (Phi) is 2.96. The quantitative estimate of drug-likeness (QED) is 0.605. The van der Waals surface area contributed by atoms with E-state index in [1.807, 2.05) is 31.2 Å². The second-order valence-electron chi connectivity index (χ2n) is 4.72. The van der Waals surface area contributed by atoms with Gasteiger partial charge in [-0.1, -0.05) is 60.7 Å². The van der Waals surface area contributed by atoms with E-state index in [0.717, 1.165) is 17.1 Å². The summed E-state index contributed by atoms with van der Waals surface area (Å²) in [5.74, 6) is 1.94. The molecule has 0 aliphatic heterocycles. The zero-order valence-electron chi connectivity index (χ0n) is 11.2. The molecular formula is C18H16O. The van der Waals surface area contributed by atoms with Crippen LogP contribution in [0.15, 0.2) is 65.1 Å². The first kappa shape index (κ1) is 11.8. The van der Waals surface area contributed by atoms with Gasteiger partial charge in [0.15, 0.2) is 0 Å². The number of rotatable bonds is 2. The Morgan fingerprint density at radius 2 is 1.21 bits per heavy atom. The largest absolute Gasteiger partial charge is 0.460 e. The van der Waals surface area contributed by atoms with Crippen LogP contribution in [0.1, 0.15) is 11.3 Å². The van der Waals surface area contributed by atoms with Gasteiger partial charge >= 0.3 is 0 Å². The van der Waals surface area contributed by atoms with Gasteiger partial charge in [-0.3, -0.25) is 0 Å². The third-order valence-corrected chi connectivity index (χ3v) is 3.42. The highest BCUT2D eigenvalue weighted by Crippen LogP contribution is 2.36. The van der Waals surface area contributed by atoms with Crippen LogP contribution in [-0.2, 0) is 0 Å². The van der Waals surface area contributed by atoms with Crippen molar-refractivity contribution in [1.29, 1.82) is 0 Å². The normalized spacial score (nSPS) is 10.6. The van der Waals surface area contributed by atoms with Gasteiger partial charge in [0, 0.05) is 16.7 Å². The molecule has 94 valence electrons. The van der Waals surface area contributed by atoms with Crippen molar-refractivity contribution in [3.8, 4) is 22.5 Å². The molecule has 3 rings (SSSR count). The van der Waals surface area contributed by atoms with Crippen molar-refractivity contribution in [1.82, 2.24) is 0 Å². The van der Waals surface area contributed by atoms with Crippen LogP contribution in [0.5, 0.6) is 0 Å². The Hall–Kier alpha value is -2.28. The van der Waals surface area contributed by atoms with E-state index >= 15 is 0 Å². The van der Waals surface area contributed by atoms with E-state index in [2.05, 4.69) is 43.3 Å². The SMILES string of the molecule is Cc1oc(-c2ccccc2)c(C)c1-c1ccccc1. The van der Waals surface area contributed by atoms with Crippen molar-refractivity contribution in [2.24, 2.45) is 0 Å². The first-order valence-corrected chi connectivity index (χ1v) is 6.48. The third-order valence-electron chi connectivity index (χ3n) is 3.42. The fourth-order valence-electron chi connectivity index (χ4n) is 2.55. The van der Waals surface area contributed by atoms with Gasteiger partial charge in [0.05, 0.1) is 0 Å². The summed E-state index contributed by atoms with van der Waals surface area (Å²) in [6.07, 6.45) is 0. The van der Waals surface area contributed by atoms with Crippen molar-refractivity contribution in [3.05, 3.63) is 72.0 Å². The van der Waals surface area contributed by atoms with Gasteiger partial charge in [0.2, 0.25) is 0 Å². The molecule has 0 N–H and O–H groups in total. The molecule has 1 heterocycles. The predicted molar refractivity (Wildman–Crippen MR) is 79.1 cm³/mol. The molecule has 0 saturated carbocycles. The van der Waals surface area contributed by atoms with Crippen LogP contribution in [0.3, 0.4) is 0 Å². The molecular weight excluding hydrogens is 232 g/mol. The number of benzene rings is 2. The van der Waals surface area contributed by atoms with Crippen molar-refractivity contribution in [2.75, 3.05) is 0 Å². The summed E-state index contributed by atoms with van der Waals surface area (Å²) in [5, 5.41) is 0. The number of furan rings is 1.